The van der Waals surface area contributed by atoms with Gasteiger partial charge in [0.1, 0.15) is 5.01 Å². The summed E-state index contributed by atoms with van der Waals surface area (Å²) in [6.07, 6.45) is 7.24. The van der Waals surface area contributed by atoms with E-state index in [2.05, 4.69) is 17.6 Å². The Morgan fingerprint density at radius 1 is 1.41 bits per heavy atom. The Balaban J connectivity index is 2.45. The van der Waals surface area contributed by atoms with Crippen molar-refractivity contribution in [3.8, 4) is 0 Å². The van der Waals surface area contributed by atoms with Gasteiger partial charge in [0.2, 0.25) is 0 Å². The number of nitrogens with zero attached hydrogens (tertiary/aromatic N) is 1. The molecule has 0 spiro atoms. The van der Waals surface area contributed by atoms with Crippen molar-refractivity contribution >= 4 is 27.1 Å². The van der Waals surface area contributed by atoms with E-state index in [1.54, 1.807) is 30.8 Å². The van der Waals surface area contributed by atoms with Gasteiger partial charge in [-0.3, -0.25) is 0 Å². The summed E-state index contributed by atoms with van der Waals surface area (Å²) in [5.41, 5.74) is 1.97. The number of fused-ring (bicyclic) bond motifs is 1. The van der Waals surface area contributed by atoms with E-state index in [1.165, 1.54) is 4.70 Å². The van der Waals surface area contributed by atoms with E-state index >= 15 is 0 Å². The van der Waals surface area contributed by atoms with E-state index in [0.717, 1.165) is 16.1 Å². The molecule has 1 aromatic heterocycles. The number of allylic oxidation sites excluding steroid dienone is 4. The third kappa shape index (κ3) is 2.63. The molecule has 2 aromatic rings. The number of methoxy groups -OCH3 is 1. The minimum absolute atomic E-state index is 0.950. The van der Waals surface area contributed by atoms with E-state index in [1.807, 2.05) is 30.4 Å². The summed E-state index contributed by atoms with van der Waals surface area (Å²) in [5, 5.41) is 0.950. The van der Waals surface area contributed by atoms with Crippen LogP contribution in [0.5, 0.6) is 0 Å². The number of rotatable bonds is 4. The lowest BCUT2D eigenvalue weighted by molar-refractivity contribution is 0.340. The highest BCUT2D eigenvalue weighted by Gasteiger charge is 2.06. The first kappa shape index (κ1) is 11.6. The molecule has 0 saturated carbocycles. The Labute approximate surface area is 105 Å². The Morgan fingerprint density at radius 2 is 2.24 bits per heavy atom. The average molecular weight is 243 g/mol. The van der Waals surface area contributed by atoms with Crippen LogP contribution in [0, 0.1) is 0 Å². The topological polar surface area (TPSA) is 22.1 Å². The van der Waals surface area contributed by atoms with E-state index in [0.29, 0.717) is 0 Å². The normalized spacial score (nSPS) is 12.2. The van der Waals surface area contributed by atoms with Crippen LogP contribution in [0.1, 0.15) is 5.01 Å². The van der Waals surface area contributed by atoms with Gasteiger partial charge in [-0.2, -0.15) is 0 Å². The molecule has 0 aliphatic heterocycles. The van der Waals surface area contributed by atoms with Gasteiger partial charge >= 0.3 is 0 Å². The molecular weight excluding hydrogens is 230 g/mol. The summed E-state index contributed by atoms with van der Waals surface area (Å²) in [4.78, 5) is 4.57. The highest BCUT2D eigenvalue weighted by atomic mass is 32.1. The Bertz CT molecular complexity index is 548. The zero-order valence-electron chi connectivity index (χ0n) is 9.59. The lowest BCUT2D eigenvalue weighted by atomic mass is 10.3. The molecule has 3 heteroatoms. The van der Waals surface area contributed by atoms with Gasteiger partial charge < -0.3 is 4.74 Å². The molecule has 86 valence electrons. The van der Waals surface area contributed by atoms with Crippen molar-refractivity contribution in [1.29, 1.82) is 0 Å². The van der Waals surface area contributed by atoms with Gasteiger partial charge in [0, 0.05) is 5.57 Å². The summed E-state index contributed by atoms with van der Waals surface area (Å²) in [6.45, 7) is 3.66. The molecule has 1 heterocycles. The first-order chi connectivity index (χ1) is 8.35. The first-order valence-electron chi connectivity index (χ1n) is 5.23. The number of thiazole rings is 1. The third-order valence-corrected chi connectivity index (χ3v) is 3.28. The fourth-order valence-corrected chi connectivity index (χ4v) is 2.41. The second kappa shape index (κ2) is 5.46. The second-order valence-corrected chi connectivity index (χ2v) is 4.42. The molecule has 0 fully saturated rings. The monoisotopic (exact) mass is 243 g/mol. The van der Waals surface area contributed by atoms with Crippen LogP contribution in [-0.4, -0.2) is 12.1 Å². The van der Waals surface area contributed by atoms with Crippen LogP contribution < -0.4 is 0 Å². The molecule has 0 saturated heterocycles. The van der Waals surface area contributed by atoms with Crippen molar-refractivity contribution in [2.75, 3.05) is 7.11 Å². The Kier molecular flexibility index (Phi) is 3.73. The summed E-state index contributed by atoms with van der Waals surface area (Å²) < 4.78 is 6.25. The van der Waals surface area contributed by atoms with Crippen molar-refractivity contribution in [2.24, 2.45) is 0 Å². The number of hydrogen-bond acceptors (Lipinski definition) is 3. The van der Waals surface area contributed by atoms with Gasteiger partial charge in [-0.15, -0.1) is 11.3 Å². The second-order valence-electron chi connectivity index (χ2n) is 3.39. The summed E-state index contributed by atoms with van der Waals surface area (Å²) >= 11 is 1.65. The summed E-state index contributed by atoms with van der Waals surface area (Å²) in [6, 6.07) is 8.09. The molecule has 0 aliphatic carbocycles. The van der Waals surface area contributed by atoms with E-state index < -0.39 is 0 Å². The lowest BCUT2D eigenvalue weighted by Gasteiger charge is -1.95. The van der Waals surface area contributed by atoms with Gasteiger partial charge in [0.25, 0.3) is 0 Å². The van der Waals surface area contributed by atoms with Gasteiger partial charge in [-0.1, -0.05) is 30.9 Å². The standard InChI is InChI=1S/C14H13NOS/c1-3-4-7-11(10-16-2)14-15-12-8-5-6-9-13(12)17-14/h3-10H,1H2,2H3/b7-4-,11-10-. The van der Waals surface area contributed by atoms with Crippen LogP contribution in [0.3, 0.4) is 0 Å². The lowest BCUT2D eigenvalue weighted by Crippen LogP contribution is -1.80. The van der Waals surface area contributed by atoms with Gasteiger partial charge in [0.15, 0.2) is 0 Å². The molecule has 0 unspecified atom stereocenters. The molecule has 2 rings (SSSR count). The molecule has 0 atom stereocenters. The van der Waals surface area contributed by atoms with Gasteiger partial charge in [-0.25, -0.2) is 4.98 Å². The maximum atomic E-state index is 5.07. The predicted octanol–water partition coefficient (Wildman–Crippen LogP) is 4.03. The minimum atomic E-state index is 0.950. The van der Waals surface area contributed by atoms with Crippen molar-refractivity contribution in [3.05, 3.63) is 60.3 Å². The number of benzene rings is 1. The Hall–Kier alpha value is -1.87. The molecule has 0 amide bonds. The molecule has 17 heavy (non-hydrogen) atoms. The number of ether oxygens (including phenoxy) is 1. The highest BCUT2D eigenvalue weighted by molar-refractivity contribution is 7.19. The number of para-hydroxylation sites is 1. The van der Waals surface area contributed by atoms with Crippen molar-refractivity contribution in [3.63, 3.8) is 0 Å². The van der Waals surface area contributed by atoms with Crippen LogP contribution >= 0.6 is 11.3 Å². The predicted molar refractivity (Wildman–Crippen MR) is 73.9 cm³/mol. The molecular formula is C14H13NOS. The van der Waals surface area contributed by atoms with Crippen molar-refractivity contribution in [1.82, 2.24) is 4.98 Å². The maximum Gasteiger partial charge on any atom is 0.127 e. The zero-order valence-corrected chi connectivity index (χ0v) is 10.4. The summed E-state index contributed by atoms with van der Waals surface area (Å²) in [5.74, 6) is 0. The van der Waals surface area contributed by atoms with Crippen molar-refractivity contribution in [2.45, 2.75) is 0 Å². The highest BCUT2D eigenvalue weighted by Crippen LogP contribution is 2.27. The maximum absolute atomic E-state index is 5.07. The molecule has 0 bridgehead atoms. The quantitative estimate of drug-likeness (QED) is 0.597. The molecule has 2 nitrogen and oxygen atoms in total. The fraction of sp³-hybridized carbons (Fsp3) is 0.0714. The van der Waals surface area contributed by atoms with Crippen LogP contribution in [-0.2, 0) is 4.74 Å². The molecule has 0 aliphatic rings. The van der Waals surface area contributed by atoms with Gasteiger partial charge in [-0.05, 0) is 18.2 Å². The van der Waals surface area contributed by atoms with Gasteiger partial charge in [0.05, 0.1) is 23.6 Å². The van der Waals surface area contributed by atoms with Crippen LogP contribution in [0.2, 0.25) is 0 Å². The first-order valence-corrected chi connectivity index (χ1v) is 6.05. The van der Waals surface area contributed by atoms with Crippen molar-refractivity contribution < 1.29 is 4.74 Å². The third-order valence-electron chi connectivity index (χ3n) is 2.20. The fourth-order valence-electron chi connectivity index (χ4n) is 1.46. The number of aromatic nitrogens is 1. The van der Waals surface area contributed by atoms with Crippen LogP contribution in [0.15, 0.2) is 55.3 Å². The minimum Gasteiger partial charge on any atom is -0.504 e. The average Bonchev–Trinajstić information content (AvgIpc) is 2.78. The SMILES string of the molecule is C=C/C=C\C(=C\OC)c1nc2ccccc2s1. The molecule has 0 radical (unpaired) electrons. The van der Waals surface area contributed by atoms with Crippen LogP contribution in [0.4, 0.5) is 0 Å². The van der Waals surface area contributed by atoms with E-state index in [4.69, 9.17) is 4.74 Å². The van der Waals surface area contributed by atoms with E-state index in [9.17, 15) is 0 Å². The smallest absolute Gasteiger partial charge is 0.127 e. The van der Waals surface area contributed by atoms with Crippen LogP contribution in [0.25, 0.3) is 15.8 Å². The Morgan fingerprint density at radius 3 is 2.94 bits per heavy atom. The zero-order chi connectivity index (χ0) is 12.1. The number of hydrogen-bond donors (Lipinski definition) is 0. The molecule has 1 aromatic carbocycles. The summed E-state index contributed by atoms with van der Waals surface area (Å²) in [7, 11) is 1.63. The largest absolute Gasteiger partial charge is 0.504 e. The molecule has 0 N–H and O–H groups in total. The van der Waals surface area contributed by atoms with E-state index in [-0.39, 0.29) is 0 Å².